The Bertz CT molecular complexity index is 838. The normalized spacial score (nSPS) is 22.5. The van der Waals surface area contributed by atoms with Gasteiger partial charge in [-0.05, 0) is 36.3 Å². The quantitative estimate of drug-likeness (QED) is 0.884. The highest BCUT2D eigenvalue weighted by Crippen LogP contribution is 2.30. The van der Waals surface area contributed by atoms with Crippen LogP contribution in [0.15, 0.2) is 36.4 Å². The molecule has 1 amide bonds. The van der Waals surface area contributed by atoms with E-state index in [9.17, 15) is 4.79 Å². The molecule has 3 aliphatic heterocycles. The van der Waals surface area contributed by atoms with E-state index in [1.54, 1.807) is 6.07 Å². The number of nitrogens with two attached hydrogens (primary N) is 1. The predicted octanol–water partition coefficient (Wildman–Crippen LogP) is 2.92. The summed E-state index contributed by atoms with van der Waals surface area (Å²) in [5, 5.41) is 0. The van der Waals surface area contributed by atoms with Crippen LogP contribution in [0.1, 0.15) is 54.4 Å². The van der Waals surface area contributed by atoms with Gasteiger partial charge in [-0.3, -0.25) is 9.69 Å². The second-order valence-electron chi connectivity index (χ2n) is 8.41. The summed E-state index contributed by atoms with van der Waals surface area (Å²) < 4.78 is 0. The van der Waals surface area contributed by atoms with Crippen LogP contribution < -0.4 is 5.73 Å². The summed E-state index contributed by atoms with van der Waals surface area (Å²) in [5.74, 6) is 0.876. The Hall–Kier alpha value is -2.47. The number of amides is 1. The molecule has 2 atom stereocenters. The third-order valence-electron chi connectivity index (χ3n) is 5.92. The van der Waals surface area contributed by atoms with Crippen LogP contribution >= 0.6 is 0 Å². The summed E-state index contributed by atoms with van der Waals surface area (Å²) in [6.07, 6.45) is 2.33. The van der Waals surface area contributed by atoms with Gasteiger partial charge in [0.05, 0.1) is 0 Å². The van der Waals surface area contributed by atoms with Gasteiger partial charge in [-0.25, -0.2) is 9.97 Å². The Morgan fingerprint density at radius 3 is 2.68 bits per heavy atom. The number of benzene rings is 1. The van der Waals surface area contributed by atoms with Crippen molar-refractivity contribution in [2.75, 3.05) is 25.4 Å². The predicted molar refractivity (Wildman–Crippen MR) is 110 cm³/mol. The van der Waals surface area contributed by atoms with Crippen molar-refractivity contribution >= 4 is 11.9 Å². The third-order valence-corrected chi connectivity index (χ3v) is 5.92. The molecule has 1 aromatic heterocycles. The number of carbonyl (C=O) groups excluding carboxylic acids is 1. The smallest absolute Gasteiger partial charge is 0.272 e. The van der Waals surface area contributed by atoms with Crippen molar-refractivity contribution < 1.29 is 4.79 Å². The Balaban J connectivity index is 1.52. The monoisotopic (exact) mass is 379 g/mol. The first-order valence-corrected chi connectivity index (χ1v) is 10.2. The van der Waals surface area contributed by atoms with E-state index in [2.05, 4.69) is 45.2 Å². The van der Waals surface area contributed by atoms with E-state index >= 15 is 0 Å². The molecule has 3 saturated heterocycles. The first-order valence-electron chi connectivity index (χ1n) is 10.2. The minimum atomic E-state index is -0.0190. The molecule has 6 heteroatoms. The van der Waals surface area contributed by atoms with E-state index in [0.29, 0.717) is 17.7 Å². The fourth-order valence-corrected chi connectivity index (χ4v) is 4.41. The first-order chi connectivity index (χ1) is 13.5. The lowest BCUT2D eigenvalue weighted by Crippen LogP contribution is -2.44. The Morgan fingerprint density at radius 1 is 1.14 bits per heavy atom. The number of aromatic nitrogens is 2. The van der Waals surface area contributed by atoms with Gasteiger partial charge in [-0.2, -0.15) is 0 Å². The number of carbonyl (C=O) groups is 1. The van der Waals surface area contributed by atoms with Crippen molar-refractivity contribution in [1.29, 1.82) is 0 Å². The maximum Gasteiger partial charge on any atom is 0.272 e. The standard InChI is InChI=1S/C22H29N5O/c1-15(2)19-10-20(25-22(23)24-19)21(28)27-13-17-8-9-18(14-27)26(12-17)11-16-6-4-3-5-7-16/h3-7,10,15,17-18H,8-9,11-14H2,1-2H3,(H2,23,24,25)/t17-,18-/m1/s1. The highest BCUT2D eigenvalue weighted by Gasteiger charge is 2.37. The SMILES string of the molecule is CC(C)c1cc(C(=O)N2C[C@@H]3CC[C@H](C2)N(Cc2ccccc2)C3)nc(N)n1. The van der Waals surface area contributed by atoms with Crippen LogP contribution in [-0.2, 0) is 6.54 Å². The molecule has 3 aliphatic rings. The molecule has 0 unspecified atom stereocenters. The fraction of sp³-hybridized carbons (Fsp3) is 0.500. The van der Waals surface area contributed by atoms with Crippen LogP contribution in [0.5, 0.6) is 0 Å². The summed E-state index contributed by atoms with van der Waals surface area (Å²) in [7, 11) is 0. The summed E-state index contributed by atoms with van der Waals surface area (Å²) in [5.41, 5.74) is 8.44. The van der Waals surface area contributed by atoms with Crippen LogP contribution in [0.3, 0.4) is 0 Å². The molecule has 0 aliphatic carbocycles. The Labute approximate surface area is 166 Å². The molecule has 0 spiro atoms. The molecule has 1 aromatic carbocycles. The number of hydrogen-bond donors (Lipinski definition) is 1. The maximum atomic E-state index is 13.2. The average Bonchev–Trinajstić information content (AvgIpc) is 2.99. The van der Waals surface area contributed by atoms with Gasteiger partial charge >= 0.3 is 0 Å². The van der Waals surface area contributed by atoms with Crippen molar-refractivity contribution in [3.05, 3.63) is 53.3 Å². The molecule has 2 N–H and O–H groups in total. The van der Waals surface area contributed by atoms with Crippen molar-refractivity contribution in [3.63, 3.8) is 0 Å². The van der Waals surface area contributed by atoms with Gasteiger partial charge in [0.15, 0.2) is 0 Å². The molecule has 2 bridgehead atoms. The minimum absolute atomic E-state index is 0.0190. The van der Waals surface area contributed by atoms with E-state index in [1.807, 2.05) is 18.7 Å². The number of hydrogen-bond acceptors (Lipinski definition) is 5. The molecule has 3 fully saturated rings. The van der Waals surface area contributed by atoms with Gasteiger partial charge in [0, 0.05) is 37.9 Å². The summed E-state index contributed by atoms with van der Waals surface area (Å²) in [6.45, 7) is 7.63. The molecular formula is C22H29N5O. The van der Waals surface area contributed by atoms with Gasteiger partial charge in [0.25, 0.3) is 5.91 Å². The number of fused-ring (bicyclic) bond motifs is 4. The second kappa shape index (κ2) is 7.87. The molecule has 0 radical (unpaired) electrons. The van der Waals surface area contributed by atoms with E-state index in [4.69, 9.17) is 5.73 Å². The van der Waals surface area contributed by atoms with Crippen LogP contribution in [0.2, 0.25) is 0 Å². The molecule has 28 heavy (non-hydrogen) atoms. The van der Waals surface area contributed by atoms with Crippen LogP contribution in [-0.4, -0.2) is 51.4 Å². The maximum absolute atomic E-state index is 13.2. The zero-order chi connectivity index (χ0) is 19.7. The van der Waals surface area contributed by atoms with Crippen LogP contribution in [0.25, 0.3) is 0 Å². The Morgan fingerprint density at radius 2 is 1.93 bits per heavy atom. The first kappa shape index (κ1) is 18.9. The fourth-order valence-electron chi connectivity index (χ4n) is 4.41. The van der Waals surface area contributed by atoms with Gasteiger partial charge < -0.3 is 10.6 Å². The average molecular weight is 380 g/mol. The van der Waals surface area contributed by atoms with Crippen molar-refractivity contribution in [2.45, 2.75) is 45.2 Å². The van der Waals surface area contributed by atoms with E-state index in [1.165, 1.54) is 12.0 Å². The molecular weight excluding hydrogens is 350 g/mol. The van der Waals surface area contributed by atoms with Gasteiger partial charge in [-0.15, -0.1) is 0 Å². The lowest BCUT2D eigenvalue weighted by atomic mass is 9.94. The number of rotatable bonds is 4. The molecule has 2 aromatic rings. The lowest BCUT2D eigenvalue weighted by Gasteiger charge is -2.36. The molecule has 148 valence electrons. The van der Waals surface area contributed by atoms with Crippen LogP contribution in [0, 0.1) is 5.92 Å². The Kier molecular flexibility index (Phi) is 5.31. The van der Waals surface area contributed by atoms with Gasteiger partial charge in [0.2, 0.25) is 5.95 Å². The summed E-state index contributed by atoms with van der Waals surface area (Å²) in [6, 6.07) is 12.8. The van der Waals surface area contributed by atoms with E-state index in [0.717, 1.165) is 38.3 Å². The van der Waals surface area contributed by atoms with Crippen molar-refractivity contribution in [2.24, 2.45) is 5.92 Å². The van der Waals surface area contributed by atoms with E-state index < -0.39 is 0 Å². The number of nitrogen functional groups attached to an aromatic ring is 1. The number of piperidine rings is 1. The largest absolute Gasteiger partial charge is 0.368 e. The molecule has 5 rings (SSSR count). The molecule has 6 nitrogen and oxygen atoms in total. The second-order valence-corrected chi connectivity index (χ2v) is 8.41. The zero-order valence-electron chi connectivity index (χ0n) is 16.7. The van der Waals surface area contributed by atoms with Crippen LogP contribution in [0.4, 0.5) is 5.95 Å². The highest BCUT2D eigenvalue weighted by atomic mass is 16.2. The summed E-state index contributed by atoms with van der Waals surface area (Å²) in [4.78, 5) is 26.3. The highest BCUT2D eigenvalue weighted by molar-refractivity contribution is 5.92. The number of nitrogens with zero attached hydrogens (tertiary/aromatic N) is 4. The lowest BCUT2D eigenvalue weighted by molar-refractivity contribution is 0.0730. The topological polar surface area (TPSA) is 75.4 Å². The zero-order valence-corrected chi connectivity index (χ0v) is 16.7. The van der Waals surface area contributed by atoms with Crippen molar-refractivity contribution in [3.8, 4) is 0 Å². The van der Waals surface area contributed by atoms with Gasteiger partial charge in [0.1, 0.15) is 5.69 Å². The van der Waals surface area contributed by atoms with Crippen molar-refractivity contribution in [1.82, 2.24) is 19.8 Å². The minimum Gasteiger partial charge on any atom is -0.368 e. The molecule has 4 heterocycles. The number of anilines is 1. The molecule has 0 saturated carbocycles. The summed E-state index contributed by atoms with van der Waals surface area (Å²) >= 11 is 0. The third kappa shape index (κ3) is 4.02. The van der Waals surface area contributed by atoms with E-state index in [-0.39, 0.29) is 17.8 Å². The van der Waals surface area contributed by atoms with Gasteiger partial charge in [-0.1, -0.05) is 44.2 Å².